The standard InChI is InChI=1S/C21H16N8O2/c1-31-15-6-3-13(4-7-15)18-14(11-24-28-18)5-8-17-26-19-16(20(30)27-17)12-25-29(19)21-22-9-2-10-23-21/h2-12H,1H3,(H,24,28)(H,26,27,30)/b8-5+. The molecule has 0 spiro atoms. The van der Waals surface area contributed by atoms with Crippen molar-refractivity contribution in [3.8, 4) is 23.0 Å². The van der Waals surface area contributed by atoms with Crippen molar-refractivity contribution >= 4 is 23.2 Å². The van der Waals surface area contributed by atoms with Crippen molar-refractivity contribution in [1.29, 1.82) is 0 Å². The molecule has 0 aliphatic heterocycles. The molecule has 0 saturated carbocycles. The van der Waals surface area contributed by atoms with Gasteiger partial charge in [-0.1, -0.05) is 0 Å². The molecule has 10 heteroatoms. The summed E-state index contributed by atoms with van der Waals surface area (Å²) >= 11 is 0. The summed E-state index contributed by atoms with van der Waals surface area (Å²) in [6.07, 6.45) is 9.89. The molecule has 0 atom stereocenters. The molecule has 1 aromatic carbocycles. The van der Waals surface area contributed by atoms with Gasteiger partial charge >= 0.3 is 0 Å². The summed E-state index contributed by atoms with van der Waals surface area (Å²) < 4.78 is 6.64. The highest BCUT2D eigenvalue weighted by molar-refractivity contribution is 5.79. The van der Waals surface area contributed by atoms with Gasteiger partial charge in [0.1, 0.15) is 17.0 Å². The van der Waals surface area contributed by atoms with Crippen molar-refractivity contribution in [2.75, 3.05) is 7.11 Å². The molecular formula is C21H16N8O2. The molecule has 0 unspecified atom stereocenters. The summed E-state index contributed by atoms with van der Waals surface area (Å²) in [5.41, 5.74) is 2.71. The number of hydrogen-bond acceptors (Lipinski definition) is 7. The van der Waals surface area contributed by atoms with Crippen LogP contribution < -0.4 is 10.3 Å². The van der Waals surface area contributed by atoms with Gasteiger partial charge in [0.25, 0.3) is 11.5 Å². The monoisotopic (exact) mass is 412 g/mol. The lowest BCUT2D eigenvalue weighted by atomic mass is 10.1. The molecule has 4 aromatic heterocycles. The topological polar surface area (TPSA) is 127 Å². The van der Waals surface area contributed by atoms with Gasteiger partial charge in [-0.3, -0.25) is 9.89 Å². The van der Waals surface area contributed by atoms with Crippen molar-refractivity contribution < 1.29 is 4.74 Å². The van der Waals surface area contributed by atoms with Gasteiger partial charge in [0.2, 0.25) is 0 Å². The van der Waals surface area contributed by atoms with E-state index in [4.69, 9.17) is 4.74 Å². The maximum absolute atomic E-state index is 12.5. The first-order valence-electron chi connectivity index (χ1n) is 9.34. The highest BCUT2D eigenvalue weighted by Crippen LogP contribution is 2.25. The Morgan fingerprint density at radius 1 is 1.06 bits per heavy atom. The lowest BCUT2D eigenvalue weighted by molar-refractivity contribution is 0.415. The number of aromatic nitrogens is 8. The number of H-pyrrole nitrogens is 2. The Morgan fingerprint density at radius 3 is 2.65 bits per heavy atom. The minimum atomic E-state index is -0.297. The largest absolute Gasteiger partial charge is 0.497 e. The summed E-state index contributed by atoms with van der Waals surface area (Å²) in [5, 5.41) is 11.7. The third-order valence-electron chi connectivity index (χ3n) is 4.67. The Hall–Kier alpha value is -4.60. The van der Waals surface area contributed by atoms with E-state index in [9.17, 15) is 4.79 Å². The highest BCUT2D eigenvalue weighted by atomic mass is 16.5. The molecule has 2 N–H and O–H groups in total. The van der Waals surface area contributed by atoms with E-state index in [0.29, 0.717) is 22.8 Å². The SMILES string of the molecule is COc1ccc(-c2[nH]ncc2/C=C/c2nc3c(cnn3-c3ncccn3)c(=O)[nH]2)cc1. The van der Waals surface area contributed by atoms with Crippen LogP contribution in [0.25, 0.3) is 40.4 Å². The van der Waals surface area contributed by atoms with Crippen molar-refractivity contribution in [3.63, 3.8) is 0 Å². The van der Waals surface area contributed by atoms with Crippen LogP contribution in [-0.2, 0) is 0 Å². The molecule has 0 amide bonds. The number of aromatic amines is 2. The van der Waals surface area contributed by atoms with Crippen LogP contribution in [0.1, 0.15) is 11.4 Å². The highest BCUT2D eigenvalue weighted by Gasteiger charge is 2.12. The number of methoxy groups -OCH3 is 1. The second-order valence-corrected chi connectivity index (χ2v) is 6.56. The van der Waals surface area contributed by atoms with Crippen molar-refractivity contribution in [2.45, 2.75) is 0 Å². The van der Waals surface area contributed by atoms with Crippen LogP contribution in [0.4, 0.5) is 0 Å². The van der Waals surface area contributed by atoms with Gasteiger partial charge in [-0.25, -0.2) is 15.0 Å². The summed E-state index contributed by atoms with van der Waals surface area (Å²) in [6, 6.07) is 9.34. The third-order valence-corrected chi connectivity index (χ3v) is 4.67. The van der Waals surface area contributed by atoms with Crippen molar-refractivity contribution in [2.24, 2.45) is 0 Å². The van der Waals surface area contributed by atoms with Crippen LogP contribution in [-0.4, -0.2) is 47.0 Å². The van der Waals surface area contributed by atoms with Crippen LogP contribution in [0.2, 0.25) is 0 Å². The van der Waals surface area contributed by atoms with Gasteiger partial charge < -0.3 is 9.72 Å². The zero-order valence-electron chi connectivity index (χ0n) is 16.4. The minimum absolute atomic E-state index is 0.297. The lowest BCUT2D eigenvalue weighted by Crippen LogP contribution is -2.11. The fourth-order valence-corrected chi connectivity index (χ4v) is 3.14. The minimum Gasteiger partial charge on any atom is -0.497 e. The number of benzene rings is 1. The molecule has 5 aromatic rings. The van der Waals surface area contributed by atoms with E-state index in [-0.39, 0.29) is 5.56 Å². The Labute approximate surface area is 175 Å². The Morgan fingerprint density at radius 2 is 1.87 bits per heavy atom. The second-order valence-electron chi connectivity index (χ2n) is 6.56. The molecule has 10 nitrogen and oxygen atoms in total. The first-order valence-corrected chi connectivity index (χ1v) is 9.34. The molecule has 0 bridgehead atoms. The zero-order chi connectivity index (χ0) is 21.2. The molecule has 0 aliphatic carbocycles. The summed E-state index contributed by atoms with van der Waals surface area (Å²) in [5.74, 6) is 1.48. The Bertz CT molecular complexity index is 1430. The van der Waals surface area contributed by atoms with E-state index in [1.807, 2.05) is 30.3 Å². The average molecular weight is 412 g/mol. The van der Waals surface area contributed by atoms with Crippen LogP contribution in [0, 0.1) is 0 Å². The third kappa shape index (κ3) is 3.46. The van der Waals surface area contributed by atoms with E-state index in [1.165, 1.54) is 10.9 Å². The molecular weight excluding hydrogens is 396 g/mol. The smallest absolute Gasteiger partial charge is 0.262 e. The average Bonchev–Trinajstić information content (AvgIpc) is 3.46. The number of ether oxygens (including phenoxy) is 1. The van der Waals surface area contributed by atoms with Gasteiger partial charge in [-0.2, -0.15) is 14.9 Å². The van der Waals surface area contributed by atoms with Crippen molar-refractivity contribution in [1.82, 2.24) is 39.9 Å². The second kappa shape index (κ2) is 7.67. The summed E-state index contributed by atoms with van der Waals surface area (Å²) in [7, 11) is 1.62. The summed E-state index contributed by atoms with van der Waals surface area (Å²) in [4.78, 5) is 28.1. The molecule has 0 aliphatic rings. The molecule has 4 heterocycles. The quantitative estimate of drug-likeness (QED) is 0.454. The zero-order valence-corrected chi connectivity index (χ0v) is 16.4. The van der Waals surface area contributed by atoms with Gasteiger partial charge in [-0.05, 0) is 42.5 Å². The predicted octanol–water partition coefficient (Wildman–Crippen LogP) is 2.47. The lowest BCUT2D eigenvalue weighted by Gasteiger charge is -2.03. The molecule has 0 saturated heterocycles. The molecule has 152 valence electrons. The molecule has 0 fully saturated rings. The first kappa shape index (κ1) is 18.4. The van der Waals surface area contributed by atoms with Crippen LogP contribution in [0.15, 0.2) is 59.9 Å². The van der Waals surface area contributed by atoms with Crippen LogP contribution >= 0.6 is 0 Å². The summed E-state index contributed by atoms with van der Waals surface area (Å²) in [6.45, 7) is 0. The van der Waals surface area contributed by atoms with Crippen LogP contribution in [0.3, 0.4) is 0 Å². The maximum Gasteiger partial charge on any atom is 0.262 e. The maximum atomic E-state index is 12.5. The van der Waals surface area contributed by atoms with Gasteiger partial charge in [0.05, 0.1) is 25.2 Å². The van der Waals surface area contributed by atoms with E-state index in [1.54, 1.807) is 37.8 Å². The molecule has 0 radical (unpaired) electrons. The fraction of sp³-hybridized carbons (Fsp3) is 0.0476. The fourth-order valence-electron chi connectivity index (χ4n) is 3.14. The number of nitrogens with one attached hydrogen (secondary N) is 2. The van der Waals surface area contributed by atoms with Gasteiger partial charge in [-0.15, -0.1) is 0 Å². The predicted molar refractivity (Wildman–Crippen MR) is 115 cm³/mol. The first-order chi connectivity index (χ1) is 15.2. The Kier molecular flexibility index (Phi) is 4.56. The molecule has 5 rings (SSSR count). The van der Waals surface area contributed by atoms with Crippen molar-refractivity contribution in [3.05, 3.63) is 76.9 Å². The van der Waals surface area contributed by atoms with E-state index in [2.05, 4.69) is 35.2 Å². The molecule has 31 heavy (non-hydrogen) atoms. The van der Waals surface area contributed by atoms with Crippen LogP contribution in [0.5, 0.6) is 5.75 Å². The Balaban J connectivity index is 1.51. The normalized spacial score (nSPS) is 11.4. The van der Waals surface area contributed by atoms with Gasteiger partial charge in [0, 0.05) is 23.5 Å². The number of rotatable bonds is 5. The number of nitrogens with zero attached hydrogens (tertiary/aromatic N) is 6. The van der Waals surface area contributed by atoms with E-state index < -0.39 is 0 Å². The number of fused-ring (bicyclic) bond motifs is 1. The van der Waals surface area contributed by atoms with Gasteiger partial charge in [0.15, 0.2) is 5.65 Å². The van der Waals surface area contributed by atoms with E-state index >= 15 is 0 Å². The number of hydrogen-bond donors (Lipinski definition) is 2. The van der Waals surface area contributed by atoms with E-state index in [0.717, 1.165) is 22.6 Å².